The van der Waals surface area contributed by atoms with Crippen LogP contribution in [0, 0.1) is 6.92 Å². The van der Waals surface area contributed by atoms with Crippen LogP contribution < -0.4 is 0 Å². The van der Waals surface area contributed by atoms with Crippen LogP contribution in [0.4, 0.5) is 0 Å². The van der Waals surface area contributed by atoms with E-state index in [1.807, 2.05) is 17.0 Å². The average molecular weight is 302 g/mol. The van der Waals surface area contributed by atoms with Crippen LogP contribution >= 0.6 is 0 Å². The summed E-state index contributed by atoms with van der Waals surface area (Å²) in [4.78, 5) is 16.8. The van der Waals surface area contributed by atoms with Crippen LogP contribution in [-0.4, -0.2) is 59.1 Å². The summed E-state index contributed by atoms with van der Waals surface area (Å²) in [7, 11) is 0. The first-order valence-electron chi connectivity index (χ1n) is 8.39. The number of carbonyl (C=O) groups is 1. The van der Waals surface area contributed by atoms with Gasteiger partial charge < -0.3 is 10.0 Å². The van der Waals surface area contributed by atoms with Crippen molar-refractivity contribution < 1.29 is 9.90 Å². The maximum atomic E-state index is 12.4. The van der Waals surface area contributed by atoms with E-state index in [1.165, 1.54) is 5.56 Å². The zero-order valence-electron chi connectivity index (χ0n) is 13.4. The molecule has 1 N–H and O–H groups in total. The van der Waals surface area contributed by atoms with Crippen LogP contribution in [0.5, 0.6) is 0 Å². The lowest BCUT2D eigenvalue weighted by Crippen LogP contribution is -2.53. The summed E-state index contributed by atoms with van der Waals surface area (Å²) in [6.07, 6.45) is 3.47. The normalized spacial score (nSPS) is 26.4. The fraction of sp³-hybridized carbons (Fsp3) is 0.611. The van der Waals surface area contributed by atoms with Gasteiger partial charge in [-0.05, 0) is 31.7 Å². The molecule has 4 heteroatoms. The fourth-order valence-electron chi connectivity index (χ4n) is 3.76. The van der Waals surface area contributed by atoms with Crippen LogP contribution in [0.3, 0.4) is 0 Å². The number of nitrogens with zero attached hydrogens (tertiary/aromatic N) is 2. The van der Waals surface area contributed by atoms with Gasteiger partial charge in [0.1, 0.15) is 0 Å². The van der Waals surface area contributed by atoms with Crippen molar-refractivity contribution in [2.45, 2.75) is 44.8 Å². The molecule has 4 nitrogen and oxygen atoms in total. The third-order valence-electron chi connectivity index (χ3n) is 5.02. The number of amides is 1. The highest BCUT2D eigenvalue weighted by Gasteiger charge is 2.33. The number of carbonyl (C=O) groups excluding carboxylic acids is 1. The molecule has 3 rings (SSSR count). The smallest absolute Gasteiger partial charge is 0.227 e. The number of hydrogen-bond acceptors (Lipinski definition) is 3. The van der Waals surface area contributed by atoms with Crippen LogP contribution in [-0.2, 0) is 11.2 Å². The molecule has 1 aliphatic heterocycles. The van der Waals surface area contributed by atoms with Gasteiger partial charge in [-0.15, -0.1) is 0 Å². The first-order valence-corrected chi connectivity index (χ1v) is 8.39. The van der Waals surface area contributed by atoms with E-state index in [2.05, 4.69) is 24.0 Å². The van der Waals surface area contributed by atoms with Crippen LogP contribution in [0.2, 0.25) is 0 Å². The van der Waals surface area contributed by atoms with Crippen molar-refractivity contribution in [3.63, 3.8) is 0 Å². The summed E-state index contributed by atoms with van der Waals surface area (Å²) < 4.78 is 0. The first-order chi connectivity index (χ1) is 10.6. The van der Waals surface area contributed by atoms with Gasteiger partial charge in [0.15, 0.2) is 0 Å². The maximum Gasteiger partial charge on any atom is 0.227 e. The second-order valence-corrected chi connectivity index (χ2v) is 6.65. The Kier molecular flexibility index (Phi) is 4.79. The number of aliphatic hydroxyl groups excluding tert-OH is 1. The summed E-state index contributed by atoms with van der Waals surface area (Å²) in [5.74, 6) is 0.220. The second-order valence-electron chi connectivity index (χ2n) is 6.65. The highest BCUT2D eigenvalue weighted by atomic mass is 16.3. The molecule has 120 valence electrons. The molecule has 1 aliphatic carbocycles. The van der Waals surface area contributed by atoms with E-state index >= 15 is 0 Å². The lowest BCUT2D eigenvalue weighted by Gasteiger charge is -2.39. The van der Waals surface area contributed by atoms with Gasteiger partial charge in [0.05, 0.1) is 12.5 Å². The summed E-state index contributed by atoms with van der Waals surface area (Å²) in [6, 6.07) is 8.49. The molecule has 1 amide bonds. The maximum absolute atomic E-state index is 12.4. The van der Waals surface area contributed by atoms with Crippen LogP contribution in [0.1, 0.15) is 30.4 Å². The fourth-order valence-corrected chi connectivity index (χ4v) is 3.76. The predicted molar refractivity (Wildman–Crippen MR) is 86.7 cm³/mol. The molecule has 0 radical (unpaired) electrons. The number of aliphatic hydroxyl groups is 1. The van der Waals surface area contributed by atoms with Crippen molar-refractivity contribution in [2.75, 3.05) is 26.2 Å². The van der Waals surface area contributed by atoms with Gasteiger partial charge >= 0.3 is 0 Å². The van der Waals surface area contributed by atoms with Gasteiger partial charge in [-0.2, -0.15) is 0 Å². The topological polar surface area (TPSA) is 43.8 Å². The molecule has 1 saturated heterocycles. The minimum absolute atomic E-state index is 0.172. The van der Waals surface area contributed by atoms with Crippen molar-refractivity contribution in [1.29, 1.82) is 0 Å². The Morgan fingerprint density at radius 2 is 2.00 bits per heavy atom. The standard InChI is InChI=1S/C18H26N2O2/c1-14-4-2-5-15(12-14)13-18(22)20-10-8-19(9-11-20)16-6-3-7-17(16)21/h2,4-5,12,16-17,21H,3,6-11,13H2,1H3/t16-,17-/m1/s1. The van der Waals surface area contributed by atoms with Gasteiger partial charge in [0.25, 0.3) is 0 Å². The molecule has 2 atom stereocenters. The third-order valence-corrected chi connectivity index (χ3v) is 5.02. The Morgan fingerprint density at radius 1 is 1.23 bits per heavy atom. The Hall–Kier alpha value is -1.39. The van der Waals surface area contributed by atoms with E-state index in [-0.39, 0.29) is 12.0 Å². The Morgan fingerprint density at radius 3 is 2.64 bits per heavy atom. The summed E-state index contributed by atoms with van der Waals surface area (Å²) >= 11 is 0. The van der Waals surface area contributed by atoms with Gasteiger partial charge in [-0.3, -0.25) is 9.69 Å². The van der Waals surface area contributed by atoms with Crippen molar-refractivity contribution >= 4 is 5.91 Å². The molecule has 0 aromatic heterocycles. The lowest BCUT2D eigenvalue weighted by molar-refractivity contribution is -0.132. The minimum atomic E-state index is -0.172. The molecular weight excluding hydrogens is 276 g/mol. The molecule has 0 spiro atoms. The molecule has 0 bridgehead atoms. The summed E-state index contributed by atoms with van der Waals surface area (Å²) in [6.45, 7) is 5.41. The molecule has 1 aromatic rings. The lowest BCUT2D eigenvalue weighted by atomic mass is 10.1. The van der Waals surface area contributed by atoms with E-state index in [0.717, 1.165) is 51.0 Å². The zero-order chi connectivity index (χ0) is 15.5. The Bertz CT molecular complexity index is 524. The van der Waals surface area contributed by atoms with Crippen molar-refractivity contribution in [2.24, 2.45) is 0 Å². The SMILES string of the molecule is Cc1cccc(CC(=O)N2CCN([C@@H]3CCC[C@H]3O)CC2)c1. The number of benzene rings is 1. The van der Waals surface area contributed by atoms with E-state index in [4.69, 9.17) is 0 Å². The van der Waals surface area contributed by atoms with Crippen LogP contribution in [0.25, 0.3) is 0 Å². The number of aryl methyl sites for hydroxylation is 1. The van der Waals surface area contributed by atoms with Crippen LogP contribution in [0.15, 0.2) is 24.3 Å². The third kappa shape index (κ3) is 3.50. The van der Waals surface area contributed by atoms with E-state index in [0.29, 0.717) is 12.5 Å². The first kappa shape index (κ1) is 15.5. The minimum Gasteiger partial charge on any atom is -0.391 e. The molecule has 1 heterocycles. The van der Waals surface area contributed by atoms with E-state index in [9.17, 15) is 9.90 Å². The van der Waals surface area contributed by atoms with Crippen molar-refractivity contribution in [1.82, 2.24) is 9.80 Å². The quantitative estimate of drug-likeness (QED) is 0.922. The largest absolute Gasteiger partial charge is 0.391 e. The zero-order valence-corrected chi connectivity index (χ0v) is 13.4. The second kappa shape index (κ2) is 6.80. The molecular formula is C18H26N2O2. The van der Waals surface area contributed by atoms with Gasteiger partial charge in [-0.25, -0.2) is 0 Å². The number of rotatable bonds is 3. The monoisotopic (exact) mass is 302 g/mol. The van der Waals surface area contributed by atoms with Crippen molar-refractivity contribution in [3.05, 3.63) is 35.4 Å². The molecule has 1 saturated carbocycles. The highest BCUT2D eigenvalue weighted by molar-refractivity contribution is 5.79. The van der Waals surface area contributed by atoms with Crippen molar-refractivity contribution in [3.8, 4) is 0 Å². The van der Waals surface area contributed by atoms with E-state index in [1.54, 1.807) is 0 Å². The van der Waals surface area contributed by atoms with Gasteiger partial charge in [0.2, 0.25) is 5.91 Å². The molecule has 1 aromatic carbocycles. The molecule has 2 fully saturated rings. The highest BCUT2D eigenvalue weighted by Crippen LogP contribution is 2.25. The molecule has 22 heavy (non-hydrogen) atoms. The summed E-state index contributed by atoms with van der Waals surface area (Å²) in [5, 5.41) is 10.0. The van der Waals surface area contributed by atoms with E-state index < -0.39 is 0 Å². The Balaban J connectivity index is 1.51. The van der Waals surface area contributed by atoms with Gasteiger partial charge in [0, 0.05) is 32.2 Å². The number of piperazine rings is 1. The van der Waals surface area contributed by atoms with Gasteiger partial charge in [-0.1, -0.05) is 29.8 Å². The summed E-state index contributed by atoms with van der Waals surface area (Å²) in [5.41, 5.74) is 2.30. The average Bonchev–Trinajstić information content (AvgIpc) is 2.93. The predicted octanol–water partition coefficient (Wildman–Crippen LogP) is 1.60. The molecule has 2 aliphatic rings. The molecule has 0 unspecified atom stereocenters. The Labute approximate surface area is 132 Å². The number of hydrogen-bond donors (Lipinski definition) is 1.